The Hall–Kier alpha value is -2.00. The zero-order valence-corrected chi connectivity index (χ0v) is 11.7. The summed E-state index contributed by atoms with van der Waals surface area (Å²) in [5.41, 5.74) is 5.40. The molecule has 0 unspecified atom stereocenters. The van der Waals surface area contributed by atoms with Crippen molar-refractivity contribution >= 4 is 23.5 Å². The van der Waals surface area contributed by atoms with E-state index < -0.39 is 11.7 Å². The fraction of sp³-hybridized carbons (Fsp3) is 0.417. The van der Waals surface area contributed by atoms with E-state index in [0.29, 0.717) is 5.56 Å². The number of nitrogens with two attached hydrogens (primary N) is 1. The van der Waals surface area contributed by atoms with Gasteiger partial charge in [0.15, 0.2) is 0 Å². The van der Waals surface area contributed by atoms with Crippen LogP contribution in [0.3, 0.4) is 0 Å². The third kappa shape index (κ3) is 5.44. The van der Waals surface area contributed by atoms with Crippen LogP contribution in [0, 0.1) is 11.8 Å². The second kappa shape index (κ2) is 6.25. The molecule has 0 spiro atoms. The lowest BCUT2D eigenvalue weighted by Gasteiger charge is -2.18. The van der Waals surface area contributed by atoms with Crippen LogP contribution in [0.5, 0.6) is 0 Å². The average molecular weight is 283 g/mol. The molecule has 0 fully saturated rings. The Kier molecular flexibility index (Phi) is 4.95. The first-order valence-corrected chi connectivity index (χ1v) is 5.89. The molecule has 1 heterocycles. The summed E-state index contributed by atoms with van der Waals surface area (Å²) in [4.78, 5) is 18.9. The number of hydrogen-bond acceptors (Lipinski definition) is 5. The van der Waals surface area contributed by atoms with Gasteiger partial charge in [0.05, 0.1) is 6.54 Å². The standard InChI is InChI=1S/C12H15ClN4O2/c1-12(2,3)19-11(18)15-6-4-5-8-9(13)16-7-17-10(8)14/h7H,6H2,1-3H3,(H,15,18)(H2,14,16,17). The van der Waals surface area contributed by atoms with E-state index in [1.54, 1.807) is 20.8 Å². The van der Waals surface area contributed by atoms with Crippen LogP contribution in [0.15, 0.2) is 6.33 Å². The van der Waals surface area contributed by atoms with Crippen LogP contribution in [-0.4, -0.2) is 28.2 Å². The molecular weight excluding hydrogens is 268 g/mol. The summed E-state index contributed by atoms with van der Waals surface area (Å²) >= 11 is 5.81. The van der Waals surface area contributed by atoms with Gasteiger partial charge in [-0.2, -0.15) is 0 Å². The normalized spacial score (nSPS) is 10.3. The predicted octanol–water partition coefficient (Wildman–Crippen LogP) is 1.59. The number of alkyl carbamates (subject to hydrolysis) is 1. The SMILES string of the molecule is CC(C)(C)OC(=O)NCC#Cc1c(N)ncnc1Cl. The van der Waals surface area contributed by atoms with Crippen molar-refractivity contribution in [1.29, 1.82) is 0 Å². The molecule has 1 rings (SSSR count). The highest BCUT2D eigenvalue weighted by Gasteiger charge is 2.15. The Balaban J connectivity index is 2.55. The zero-order chi connectivity index (χ0) is 14.5. The van der Waals surface area contributed by atoms with Crippen molar-refractivity contribution in [2.24, 2.45) is 0 Å². The van der Waals surface area contributed by atoms with Gasteiger partial charge in [0, 0.05) is 0 Å². The van der Waals surface area contributed by atoms with Gasteiger partial charge >= 0.3 is 6.09 Å². The summed E-state index contributed by atoms with van der Waals surface area (Å²) in [6.07, 6.45) is 0.715. The number of nitrogens with one attached hydrogen (secondary N) is 1. The predicted molar refractivity (Wildman–Crippen MR) is 72.6 cm³/mol. The Morgan fingerprint density at radius 3 is 2.79 bits per heavy atom. The van der Waals surface area contributed by atoms with Crippen LogP contribution in [0.4, 0.5) is 10.6 Å². The summed E-state index contributed by atoms with van der Waals surface area (Å²) in [5.74, 6) is 5.59. The van der Waals surface area contributed by atoms with Crippen LogP contribution in [0.2, 0.25) is 5.15 Å². The smallest absolute Gasteiger partial charge is 0.408 e. The fourth-order valence-corrected chi connectivity index (χ4v) is 1.24. The van der Waals surface area contributed by atoms with Crippen molar-refractivity contribution in [3.63, 3.8) is 0 Å². The molecule has 6 nitrogen and oxygen atoms in total. The van der Waals surface area contributed by atoms with Crippen LogP contribution in [0.25, 0.3) is 0 Å². The van der Waals surface area contributed by atoms with Crippen LogP contribution < -0.4 is 11.1 Å². The minimum Gasteiger partial charge on any atom is -0.444 e. The summed E-state index contributed by atoms with van der Waals surface area (Å²) in [6.45, 7) is 5.44. The number of nitrogen functional groups attached to an aromatic ring is 1. The molecule has 19 heavy (non-hydrogen) atoms. The lowest BCUT2D eigenvalue weighted by atomic mass is 10.2. The minimum atomic E-state index is -0.543. The number of ether oxygens (including phenoxy) is 1. The highest BCUT2D eigenvalue weighted by molar-refractivity contribution is 6.30. The fourth-order valence-electron chi connectivity index (χ4n) is 1.06. The molecular formula is C12H15ClN4O2. The maximum atomic E-state index is 11.3. The lowest BCUT2D eigenvalue weighted by molar-refractivity contribution is 0.0535. The van der Waals surface area contributed by atoms with Gasteiger partial charge < -0.3 is 15.8 Å². The Labute approximate surface area is 116 Å². The van der Waals surface area contributed by atoms with E-state index in [0.717, 1.165) is 0 Å². The van der Waals surface area contributed by atoms with Gasteiger partial charge in [0.2, 0.25) is 0 Å². The first-order chi connectivity index (χ1) is 8.79. The number of anilines is 1. The van der Waals surface area contributed by atoms with Crippen molar-refractivity contribution in [3.05, 3.63) is 17.0 Å². The molecule has 0 saturated carbocycles. The number of rotatable bonds is 1. The van der Waals surface area contributed by atoms with Gasteiger partial charge in [0.25, 0.3) is 0 Å². The molecule has 1 aromatic heterocycles. The number of carbonyl (C=O) groups is 1. The summed E-state index contributed by atoms with van der Waals surface area (Å²) in [7, 11) is 0. The van der Waals surface area contributed by atoms with Crippen molar-refractivity contribution in [2.45, 2.75) is 26.4 Å². The molecule has 7 heteroatoms. The van der Waals surface area contributed by atoms with Crippen LogP contribution in [0.1, 0.15) is 26.3 Å². The van der Waals surface area contributed by atoms with Gasteiger partial charge in [-0.3, -0.25) is 0 Å². The van der Waals surface area contributed by atoms with Gasteiger partial charge in [-0.05, 0) is 20.8 Å². The van der Waals surface area contributed by atoms with E-state index in [-0.39, 0.29) is 17.5 Å². The molecule has 0 bridgehead atoms. The largest absolute Gasteiger partial charge is 0.444 e. The molecule has 1 amide bonds. The summed E-state index contributed by atoms with van der Waals surface area (Å²) in [6, 6.07) is 0. The highest BCUT2D eigenvalue weighted by atomic mass is 35.5. The molecule has 0 radical (unpaired) electrons. The third-order valence-electron chi connectivity index (χ3n) is 1.76. The van der Waals surface area contributed by atoms with Crippen LogP contribution >= 0.6 is 11.6 Å². The van der Waals surface area contributed by atoms with Crippen molar-refractivity contribution in [2.75, 3.05) is 12.3 Å². The monoisotopic (exact) mass is 282 g/mol. The number of carbonyl (C=O) groups excluding carboxylic acids is 1. The lowest BCUT2D eigenvalue weighted by Crippen LogP contribution is -2.32. The van der Waals surface area contributed by atoms with Gasteiger partial charge in [-0.1, -0.05) is 23.4 Å². The third-order valence-corrected chi connectivity index (χ3v) is 2.05. The zero-order valence-electron chi connectivity index (χ0n) is 11.0. The molecule has 0 aliphatic rings. The van der Waals surface area contributed by atoms with E-state index in [9.17, 15) is 4.79 Å². The molecule has 0 aliphatic carbocycles. The Morgan fingerprint density at radius 2 is 2.21 bits per heavy atom. The second-order valence-electron chi connectivity index (χ2n) is 4.58. The Morgan fingerprint density at radius 1 is 1.53 bits per heavy atom. The molecule has 1 aromatic rings. The number of hydrogen-bond donors (Lipinski definition) is 2. The maximum absolute atomic E-state index is 11.3. The molecule has 0 saturated heterocycles. The Bertz CT molecular complexity index is 509. The first-order valence-electron chi connectivity index (χ1n) is 5.51. The van der Waals surface area contributed by atoms with Crippen molar-refractivity contribution in [3.8, 4) is 11.8 Å². The molecule has 3 N–H and O–H groups in total. The number of aromatic nitrogens is 2. The second-order valence-corrected chi connectivity index (χ2v) is 4.94. The van der Waals surface area contributed by atoms with Gasteiger partial charge in [-0.25, -0.2) is 14.8 Å². The average Bonchev–Trinajstić information content (AvgIpc) is 2.25. The van der Waals surface area contributed by atoms with Gasteiger partial charge in [-0.15, -0.1) is 0 Å². The molecule has 0 atom stereocenters. The van der Waals surface area contributed by atoms with Gasteiger partial charge in [0.1, 0.15) is 28.5 Å². The summed E-state index contributed by atoms with van der Waals surface area (Å²) in [5, 5.41) is 2.67. The highest BCUT2D eigenvalue weighted by Crippen LogP contribution is 2.14. The molecule has 102 valence electrons. The van der Waals surface area contributed by atoms with E-state index >= 15 is 0 Å². The molecule has 0 aromatic carbocycles. The van der Waals surface area contributed by atoms with E-state index in [4.69, 9.17) is 22.1 Å². The van der Waals surface area contributed by atoms with E-state index in [1.165, 1.54) is 6.33 Å². The van der Waals surface area contributed by atoms with Crippen LogP contribution in [-0.2, 0) is 4.74 Å². The first kappa shape index (κ1) is 15.1. The quantitative estimate of drug-likeness (QED) is 0.603. The summed E-state index contributed by atoms with van der Waals surface area (Å²) < 4.78 is 5.04. The topological polar surface area (TPSA) is 90.1 Å². The maximum Gasteiger partial charge on any atom is 0.408 e. The number of amides is 1. The van der Waals surface area contributed by atoms with Crippen molar-refractivity contribution in [1.82, 2.24) is 15.3 Å². The molecule has 0 aliphatic heterocycles. The number of halogens is 1. The number of nitrogens with zero attached hydrogens (tertiary/aromatic N) is 2. The van der Waals surface area contributed by atoms with E-state index in [1.807, 2.05) is 0 Å². The van der Waals surface area contributed by atoms with Crippen molar-refractivity contribution < 1.29 is 9.53 Å². The minimum absolute atomic E-state index is 0.111. The van der Waals surface area contributed by atoms with E-state index in [2.05, 4.69) is 27.1 Å².